The highest BCUT2D eigenvalue weighted by Gasteiger charge is 2.15. The van der Waals surface area contributed by atoms with Gasteiger partial charge in [0, 0.05) is 19.6 Å². The van der Waals surface area contributed by atoms with Crippen molar-refractivity contribution >= 4 is 11.9 Å². The van der Waals surface area contributed by atoms with E-state index in [1.807, 2.05) is 0 Å². The average Bonchev–Trinajstić information content (AvgIpc) is 3.05. The number of ether oxygens (including phenoxy) is 2. The molecule has 1 aliphatic rings. The maximum atomic E-state index is 11.7. The Morgan fingerprint density at radius 1 is 1.30 bits per heavy atom. The van der Waals surface area contributed by atoms with Crippen LogP contribution in [-0.2, 0) is 20.7 Å². The minimum absolute atomic E-state index is 0.0421. The lowest BCUT2D eigenvalue weighted by Crippen LogP contribution is -2.27. The number of nitrogens with one attached hydrogen (secondary N) is 1. The topological polar surface area (TPSA) is 84.9 Å². The van der Waals surface area contributed by atoms with E-state index in [9.17, 15) is 9.59 Å². The molecule has 1 heterocycles. The first-order valence-electron chi connectivity index (χ1n) is 7.93. The Labute approximate surface area is 135 Å². The third-order valence-electron chi connectivity index (χ3n) is 3.74. The average molecular weight is 321 g/mol. The molecule has 2 N–H and O–H groups in total. The van der Waals surface area contributed by atoms with Crippen LogP contribution in [0, 0.1) is 0 Å². The zero-order valence-electron chi connectivity index (χ0n) is 13.1. The van der Waals surface area contributed by atoms with Gasteiger partial charge in [-0.1, -0.05) is 12.1 Å². The molecule has 0 aliphatic carbocycles. The molecular formula is C17H23NO5. The first-order chi connectivity index (χ1) is 11.1. The van der Waals surface area contributed by atoms with E-state index in [0.29, 0.717) is 32.6 Å². The van der Waals surface area contributed by atoms with Crippen LogP contribution < -0.4 is 5.32 Å². The van der Waals surface area contributed by atoms with Crippen LogP contribution in [0.25, 0.3) is 0 Å². The van der Waals surface area contributed by atoms with Crippen molar-refractivity contribution < 1.29 is 24.2 Å². The van der Waals surface area contributed by atoms with Gasteiger partial charge in [0.2, 0.25) is 5.91 Å². The van der Waals surface area contributed by atoms with Crippen molar-refractivity contribution in [1.29, 1.82) is 0 Å². The Morgan fingerprint density at radius 2 is 2.09 bits per heavy atom. The standard InChI is InChI=1S/C17H23NO5/c19-16(8-11-22-12-15-2-1-10-23-15)18-9-7-13-3-5-14(6-4-13)17(20)21/h3-6,15H,1-2,7-12H2,(H,18,19)(H,20,21). The molecule has 2 rings (SSSR count). The molecule has 1 fully saturated rings. The van der Waals surface area contributed by atoms with Gasteiger partial charge in [0.15, 0.2) is 0 Å². The van der Waals surface area contributed by atoms with Crippen LogP contribution in [0.2, 0.25) is 0 Å². The Bertz CT molecular complexity index is 508. The highest BCUT2D eigenvalue weighted by molar-refractivity contribution is 5.87. The smallest absolute Gasteiger partial charge is 0.335 e. The fraction of sp³-hybridized carbons (Fsp3) is 0.529. The van der Waals surface area contributed by atoms with Crippen LogP contribution in [0.15, 0.2) is 24.3 Å². The van der Waals surface area contributed by atoms with Gasteiger partial charge in [0.25, 0.3) is 0 Å². The summed E-state index contributed by atoms with van der Waals surface area (Å²) in [5.74, 6) is -0.979. The number of benzene rings is 1. The van der Waals surface area contributed by atoms with Crippen molar-refractivity contribution in [3.8, 4) is 0 Å². The largest absolute Gasteiger partial charge is 0.478 e. The molecule has 6 nitrogen and oxygen atoms in total. The molecule has 1 aliphatic heterocycles. The second-order valence-electron chi connectivity index (χ2n) is 5.56. The van der Waals surface area contributed by atoms with Crippen LogP contribution in [0.4, 0.5) is 0 Å². The normalized spacial score (nSPS) is 17.1. The van der Waals surface area contributed by atoms with Crippen LogP contribution >= 0.6 is 0 Å². The fourth-order valence-corrected chi connectivity index (χ4v) is 2.40. The molecule has 0 spiro atoms. The molecule has 1 amide bonds. The van der Waals surface area contributed by atoms with Gasteiger partial charge in [0.05, 0.1) is 24.9 Å². The number of carbonyl (C=O) groups is 2. The Kier molecular flexibility index (Phi) is 7.03. The van der Waals surface area contributed by atoms with Crippen molar-refractivity contribution in [3.63, 3.8) is 0 Å². The summed E-state index contributed by atoms with van der Waals surface area (Å²) in [6.07, 6.45) is 3.31. The van der Waals surface area contributed by atoms with E-state index in [4.69, 9.17) is 14.6 Å². The van der Waals surface area contributed by atoms with E-state index in [1.165, 1.54) is 0 Å². The third-order valence-corrected chi connectivity index (χ3v) is 3.74. The van der Waals surface area contributed by atoms with E-state index in [-0.39, 0.29) is 17.6 Å². The van der Waals surface area contributed by atoms with E-state index in [2.05, 4.69) is 5.32 Å². The molecule has 0 aromatic heterocycles. The molecule has 0 radical (unpaired) electrons. The van der Waals surface area contributed by atoms with Crippen molar-refractivity contribution in [2.75, 3.05) is 26.4 Å². The van der Waals surface area contributed by atoms with E-state index < -0.39 is 5.97 Å². The predicted molar refractivity (Wildman–Crippen MR) is 84.5 cm³/mol. The van der Waals surface area contributed by atoms with Gasteiger partial charge in [-0.05, 0) is 37.0 Å². The molecule has 1 aromatic rings. The number of rotatable bonds is 9. The summed E-state index contributed by atoms with van der Waals surface area (Å²) in [5.41, 5.74) is 1.26. The summed E-state index contributed by atoms with van der Waals surface area (Å²) in [4.78, 5) is 22.4. The molecule has 23 heavy (non-hydrogen) atoms. The minimum Gasteiger partial charge on any atom is -0.478 e. The van der Waals surface area contributed by atoms with Crippen molar-refractivity contribution in [3.05, 3.63) is 35.4 Å². The van der Waals surface area contributed by atoms with Crippen molar-refractivity contribution in [2.24, 2.45) is 0 Å². The molecule has 1 unspecified atom stereocenters. The lowest BCUT2D eigenvalue weighted by atomic mass is 10.1. The Morgan fingerprint density at radius 3 is 2.74 bits per heavy atom. The molecule has 1 saturated heterocycles. The SMILES string of the molecule is O=C(CCOCC1CCCO1)NCCc1ccc(C(=O)O)cc1. The monoisotopic (exact) mass is 321 g/mol. The number of aromatic carboxylic acids is 1. The van der Waals surface area contributed by atoms with Gasteiger partial charge in [0.1, 0.15) is 0 Å². The highest BCUT2D eigenvalue weighted by Crippen LogP contribution is 2.11. The summed E-state index contributed by atoms with van der Waals surface area (Å²) in [7, 11) is 0. The number of hydrogen-bond acceptors (Lipinski definition) is 4. The lowest BCUT2D eigenvalue weighted by molar-refractivity contribution is -0.122. The number of amides is 1. The quantitative estimate of drug-likeness (QED) is 0.675. The van der Waals surface area contributed by atoms with Gasteiger partial charge < -0.3 is 19.9 Å². The molecular weight excluding hydrogens is 298 g/mol. The van der Waals surface area contributed by atoms with Gasteiger partial charge in [-0.25, -0.2) is 4.79 Å². The molecule has 126 valence electrons. The molecule has 0 bridgehead atoms. The van der Waals surface area contributed by atoms with Crippen LogP contribution in [0.1, 0.15) is 35.2 Å². The highest BCUT2D eigenvalue weighted by atomic mass is 16.5. The summed E-state index contributed by atoms with van der Waals surface area (Å²) in [6.45, 7) is 2.29. The third kappa shape index (κ3) is 6.38. The van der Waals surface area contributed by atoms with Gasteiger partial charge >= 0.3 is 5.97 Å². The van der Waals surface area contributed by atoms with Crippen molar-refractivity contribution in [2.45, 2.75) is 31.8 Å². The van der Waals surface area contributed by atoms with Crippen LogP contribution in [-0.4, -0.2) is 49.5 Å². The van der Waals surface area contributed by atoms with E-state index in [1.54, 1.807) is 24.3 Å². The Hall–Kier alpha value is -1.92. The number of carbonyl (C=O) groups excluding carboxylic acids is 1. The second-order valence-corrected chi connectivity index (χ2v) is 5.56. The zero-order chi connectivity index (χ0) is 16.5. The van der Waals surface area contributed by atoms with Crippen molar-refractivity contribution in [1.82, 2.24) is 5.32 Å². The lowest BCUT2D eigenvalue weighted by Gasteiger charge is -2.10. The summed E-state index contributed by atoms with van der Waals surface area (Å²) in [5, 5.41) is 11.7. The van der Waals surface area contributed by atoms with E-state index in [0.717, 1.165) is 25.0 Å². The summed E-state index contributed by atoms with van der Waals surface area (Å²) >= 11 is 0. The summed E-state index contributed by atoms with van der Waals surface area (Å²) < 4.78 is 10.9. The number of carboxylic acids is 1. The van der Waals surface area contributed by atoms with Crippen LogP contribution in [0.5, 0.6) is 0 Å². The number of hydrogen-bond donors (Lipinski definition) is 2. The van der Waals surface area contributed by atoms with E-state index >= 15 is 0 Å². The molecule has 1 atom stereocenters. The van der Waals surface area contributed by atoms with Gasteiger partial charge in [-0.2, -0.15) is 0 Å². The molecule has 6 heteroatoms. The fourth-order valence-electron chi connectivity index (χ4n) is 2.40. The Balaban J connectivity index is 1.54. The zero-order valence-corrected chi connectivity index (χ0v) is 13.1. The van der Waals surface area contributed by atoms with Gasteiger partial charge in [-0.15, -0.1) is 0 Å². The minimum atomic E-state index is -0.937. The first-order valence-corrected chi connectivity index (χ1v) is 7.93. The maximum absolute atomic E-state index is 11.7. The molecule has 0 saturated carbocycles. The summed E-state index contributed by atoms with van der Waals surface area (Å²) in [6, 6.07) is 6.66. The van der Waals surface area contributed by atoms with Crippen LogP contribution in [0.3, 0.4) is 0 Å². The number of carboxylic acid groups (broad SMARTS) is 1. The predicted octanol–water partition coefficient (Wildman–Crippen LogP) is 1.63. The first kappa shape index (κ1) is 17.4. The molecule has 1 aromatic carbocycles. The maximum Gasteiger partial charge on any atom is 0.335 e. The second kappa shape index (κ2) is 9.27. The van der Waals surface area contributed by atoms with Gasteiger partial charge in [-0.3, -0.25) is 4.79 Å².